The zero-order valence-corrected chi connectivity index (χ0v) is 22.7. The van der Waals surface area contributed by atoms with Gasteiger partial charge in [-0.15, -0.1) is 34.4 Å². The third kappa shape index (κ3) is 10.6. The van der Waals surface area contributed by atoms with Crippen LogP contribution in [0, 0.1) is 0 Å². The Balaban J connectivity index is 1.51. The van der Waals surface area contributed by atoms with Crippen LogP contribution in [0.5, 0.6) is 5.75 Å². The normalized spacial score (nSPS) is 15.9. The first kappa shape index (κ1) is 29.9. The smallest absolute Gasteiger partial charge is 0.405 e. The van der Waals surface area contributed by atoms with Crippen molar-refractivity contribution in [3.05, 3.63) is 59.7 Å². The largest absolute Gasteiger partial charge is 0.694 e. The van der Waals surface area contributed by atoms with Crippen LogP contribution in [0.2, 0.25) is 0 Å². The second-order valence-corrected chi connectivity index (χ2v) is 11.3. The van der Waals surface area contributed by atoms with Crippen molar-refractivity contribution in [1.29, 1.82) is 0 Å². The zero-order valence-electron chi connectivity index (χ0n) is 21.0. The molecule has 0 aliphatic heterocycles. The molecule has 0 saturated heterocycles. The van der Waals surface area contributed by atoms with Crippen LogP contribution in [0.3, 0.4) is 0 Å². The van der Waals surface area contributed by atoms with E-state index in [-0.39, 0.29) is 17.8 Å². The van der Waals surface area contributed by atoms with Gasteiger partial charge in [-0.3, -0.25) is 0 Å². The van der Waals surface area contributed by atoms with E-state index in [2.05, 4.69) is 44.9 Å². The molecule has 2 aromatic carbocycles. The summed E-state index contributed by atoms with van der Waals surface area (Å²) in [6.07, 6.45) is 5.02. The first-order valence-electron chi connectivity index (χ1n) is 12.8. The number of benzene rings is 2. The number of ether oxygens (including phenoxy) is 1. The molecule has 0 amide bonds. The maximum atomic E-state index is 13.1. The van der Waals surface area contributed by atoms with E-state index in [1.165, 1.54) is 55.5 Å². The molecular formula is C27H36F3NO4PS+. The Hall–Kier alpha value is -1.64. The molecule has 0 radical (unpaired) electrons. The lowest BCUT2D eigenvalue weighted by molar-refractivity contribution is -0.275. The fourth-order valence-corrected chi connectivity index (χ4v) is 6.27. The number of nitrogens with one attached hydrogen (secondary N) is 1. The monoisotopic (exact) mass is 558 g/mol. The average molecular weight is 559 g/mol. The topological polar surface area (TPSA) is 67.8 Å². The van der Waals surface area contributed by atoms with Crippen molar-refractivity contribution in [2.75, 3.05) is 18.9 Å². The molecule has 37 heavy (non-hydrogen) atoms. The highest BCUT2D eigenvalue weighted by Gasteiger charge is 2.33. The standard InChI is InChI=1S/C27H35F3NO4PS/c28-27(29,30)35-24-20-22(21-31-17-9-18-34-36(32)33)12-13-25(24)37-19-8-7-16-26(14-5-2-6-15-26)23-10-3-1-4-11-23/h1,3-4,10-13,20,31H,2,5-9,14-19,21H2/p+1. The fourth-order valence-electron chi connectivity index (χ4n) is 5.01. The van der Waals surface area contributed by atoms with Crippen molar-refractivity contribution < 1.29 is 31.9 Å². The van der Waals surface area contributed by atoms with Crippen LogP contribution in [0.1, 0.15) is 68.9 Å². The number of alkyl halides is 3. The summed E-state index contributed by atoms with van der Waals surface area (Å²) in [6, 6.07) is 15.7. The van der Waals surface area contributed by atoms with E-state index in [0.29, 0.717) is 30.0 Å². The second kappa shape index (κ2) is 15.1. The van der Waals surface area contributed by atoms with E-state index in [9.17, 15) is 17.7 Å². The Morgan fingerprint density at radius 3 is 2.49 bits per heavy atom. The summed E-state index contributed by atoms with van der Waals surface area (Å²) >= 11 is 1.40. The molecule has 2 aromatic rings. The molecule has 3 rings (SSSR count). The van der Waals surface area contributed by atoms with Gasteiger partial charge < -0.3 is 10.1 Å². The van der Waals surface area contributed by atoms with Crippen LogP contribution in [-0.2, 0) is 21.0 Å². The maximum Gasteiger partial charge on any atom is 0.694 e. The highest BCUT2D eigenvalue weighted by Crippen LogP contribution is 2.43. The van der Waals surface area contributed by atoms with Crippen molar-refractivity contribution in [1.82, 2.24) is 5.32 Å². The van der Waals surface area contributed by atoms with Crippen molar-refractivity contribution in [2.45, 2.75) is 81.0 Å². The minimum Gasteiger partial charge on any atom is -0.405 e. The summed E-state index contributed by atoms with van der Waals surface area (Å²) in [5.74, 6) is 0.550. The zero-order chi connectivity index (χ0) is 26.6. The van der Waals surface area contributed by atoms with Gasteiger partial charge in [0.25, 0.3) is 0 Å². The minimum absolute atomic E-state index is 0.128. The Morgan fingerprint density at radius 1 is 1.03 bits per heavy atom. The molecule has 204 valence electrons. The van der Waals surface area contributed by atoms with Gasteiger partial charge in [0, 0.05) is 16.0 Å². The molecular weight excluding hydrogens is 522 g/mol. The summed E-state index contributed by atoms with van der Waals surface area (Å²) in [4.78, 5) is 9.09. The first-order chi connectivity index (χ1) is 17.8. The molecule has 2 N–H and O–H groups in total. The number of halogens is 3. The lowest BCUT2D eigenvalue weighted by Crippen LogP contribution is -2.29. The third-order valence-corrected chi connectivity index (χ3v) is 8.31. The van der Waals surface area contributed by atoms with Gasteiger partial charge in [-0.05, 0) is 73.1 Å². The molecule has 10 heteroatoms. The quantitative estimate of drug-likeness (QED) is 0.132. The Labute approximate surface area is 222 Å². The highest BCUT2D eigenvalue weighted by atomic mass is 32.2. The summed E-state index contributed by atoms with van der Waals surface area (Å²) in [5, 5.41) is 3.09. The van der Waals surface area contributed by atoms with Gasteiger partial charge in [-0.25, -0.2) is 0 Å². The van der Waals surface area contributed by atoms with E-state index >= 15 is 0 Å². The third-order valence-electron chi connectivity index (χ3n) is 6.77. The average Bonchev–Trinajstić information content (AvgIpc) is 2.87. The van der Waals surface area contributed by atoms with Gasteiger partial charge in [0.1, 0.15) is 12.4 Å². The van der Waals surface area contributed by atoms with Crippen molar-refractivity contribution in [3.8, 4) is 5.75 Å². The van der Waals surface area contributed by atoms with E-state index in [1.807, 2.05) is 0 Å². The molecule has 1 aliphatic rings. The highest BCUT2D eigenvalue weighted by molar-refractivity contribution is 7.99. The van der Waals surface area contributed by atoms with Crippen LogP contribution in [-0.4, -0.2) is 30.2 Å². The van der Waals surface area contributed by atoms with Gasteiger partial charge >= 0.3 is 14.6 Å². The van der Waals surface area contributed by atoms with Gasteiger partial charge in [0.2, 0.25) is 0 Å². The van der Waals surface area contributed by atoms with Crippen molar-refractivity contribution in [3.63, 3.8) is 0 Å². The predicted molar refractivity (Wildman–Crippen MR) is 141 cm³/mol. The van der Waals surface area contributed by atoms with Gasteiger partial charge in [-0.2, -0.15) is 0 Å². The summed E-state index contributed by atoms with van der Waals surface area (Å²) < 4.78 is 58.6. The molecule has 0 aromatic heterocycles. The lowest BCUT2D eigenvalue weighted by Gasteiger charge is -2.38. The maximum absolute atomic E-state index is 13.1. The molecule has 1 saturated carbocycles. The van der Waals surface area contributed by atoms with Crippen LogP contribution < -0.4 is 10.1 Å². The Morgan fingerprint density at radius 2 is 1.78 bits per heavy atom. The van der Waals surface area contributed by atoms with E-state index in [4.69, 9.17) is 4.89 Å². The van der Waals surface area contributed by atoms with Crippen molar-refractivity contribution in [2.24, 2.45) is 0 Å². The first-order valence-corrected chi connectivity index (χ1v) is 15.0. The van der Waals surface area contributed by atoms with E-state index < -0.39 is 14.6 Å². The summed E-state index contributed by atoms with van der Waals surface area (Å²) in [7, 11) is -2.61. The molecule has 0 bridgehead atoms. The molecule has 0 spiro atoms. The van der Waals surface area contributed by atoms with Gasteiger partial charge in [0.15, 0.2) is 0 Å². The lowest BCUT2D eigenvalue weighted by atomic mass is 9.67. The van der Waals surface area contributed by atoms with Gasteiger partial charge in [0.05, 0.1) is 0 Å². The predicted octanol–water partition coefficient (Wildman–Crippen LogP) is 7.90. The summed E-state index contributed by atoms with van der Waals surface area (Å²) in [5.41, 5.74) is 2.31. The molecule has 1 fully saturated rings. The second-order valence-electron chi connectivity index (χ2n) is 9.44. The molecule has 1 aliphatic carbocycles. The number of hydrogen-bond acceptors (Lipinski definition) is 5. The van der Waals surface area contributed by atoms with Crippen molar-refractivity contribution >= 4 is 20.0 Å². The van der Waals surface area contributed by atoms with Gasteiger partial charge in [-0.1, -0.05) is 62.1 Å². The Kier molecular flexibility index (Phi) is 12.2. The molecule has 1 unspecified atom stereocenters. The molecule has 0 heterocycles. The van der Waals surface area contributed by atoms with Crippen LogP contribution in [0.15, 0.2) is 53.4 Å². The van der Waals surface area contributed by atoms with E-state index in [0.717, 1.165) is 25.0 Å². The number of thioether (sulfide) groups is 1. The summed E-state index contributed by atoms with van der Waals surface area (Å²) in [6.45, 7) is 0.981. The number of unbranched alkanes of at least 4 members (excludes halogenated alkanes) is 1. The molecule has 5 nitrogen and oxygen atoms in total. The minimum atomic E-state index is -4.76. The fraction of sp³-hybridized carbons (Fsp3) is 0.556. The van der Waals surface area contributed by atoms with Crippen LogP contribution in [0.25, 0.3) is 0 Å². The van der Waals surface area contributed by atoms with Crippen LogP contribution in [0.4, 0.5) is 13.2 Å². The van der Waals surface area contributed by atoms with Crippen LogP contribution >= 0.6 is 20.0 Å². The van der Waals surface area contributed by atoms with E-state index in [1.54, 1.807) is 12.1 Å². The molecule has 1 atom stereocenters. The Bertz CT molecular complexity index is 972. The number of hydrogen-bond donors (Lipinski definition) is 2. The SMILES string of the molecule is O=[P+](O)OCCCNCc1ccc(SCCCCC2(c3ccccc3)CCCCC2)c(OC(F)(F)F)c1. The number of rotatable bonds is 15.